The number of ketones is 1. The van der Waals surface area contributed by atoms with Gasteiger partial charge in [-0.05, 0) is 24.8 Å². The van der Waals surface area contributed by atoms with Gasteiger partial charge in [-0.15, -0.1) is 0 Å². The minimum atomic E-state index is 0.115. The molecule has 9 heavy (non-hydrogen) atoms. The number of hydrogen-bond acceptors (Lipinski definition) is 1. The first-order valence-electron chi connectivity index (χ1n) is 3.29. The number of rotatable bonds is 3. The van der Waals surface area contributed by atoms with E-state index in [0.717, 1.165) is 12.0 Å². The minimum absolute atomic E-state index is 0.115. The lowest BCUT2D eigenvalue weighted by atomic mass is 9.97. The molecule has 0 aromatic rings. The Morgan fingerprint density at radius 3 is 2.22 bits per heavy atom. The van der Waals surface area contributed by atoms with Crippen LogP contribution in [0.2, 0.25) is 0 Å². The van der Waals surface area contributed by atoms with Gasteiger partial charge in [0.2, 0.25) is 0 Å². The molecule has 0 N–H and O–H groups in total. The Labute approximate surface area is 56.8 Å². The van der Waals surface area contributed by atoms with Crippen molar-refractivity contribution in [1.29, 1.82) is 0 Å². The van der Waals surface area contributed by atoms with Gasteiger partial charge in [0.25, 0.3) is 0 Å². The lowest BCUT2D eigenvalue weighted by Crippen LogP contribution is -2.04. The normalized spacial score (nSPS) is 12.8. The Balaban J connectivity index is 3.88. The molecular weight excluding hydrogens is 112 g/mol. The average molecular weight is 126 g/mol. The van der Waals surface area contributed by atoms with Crippen molar-refractivity contribution in [2.24, 2.45) is 5.92 Å². The van der Waals surface area contributed by atoms with Crippen LogP contribution in [0.5, 0.6) is 0 Å². The second-order valence-corrected chi connectivity index (χ2v) is 2.39. The van der Waals surface area contributed by atoms with E-state index in [-0.39, 0.29) is 5.78 Å². The van der Waals surface area contributed by atoms with E-state index >= 15 is 0 Å². The van der Waals surface area contributed by atoms with Crippen molar-refractivity contribution < 1.29 is 4.79 Å². The predicted octanol–water partition coefficient (Wildman–Crippen LogP) is 2.18. The molecule has 0 bridgehead atoms. The smallest absolute Gasteiger partial charge is 0.155 e. The highest BCUT2D eigenvalue weighted by molar-refractivity contribution is 5.92. The maximum absolute atomic E-state index is 10.6. The molecule has 0 heterocycles. The van der Waals surface area contributed by atoms with Crippen molar-refractivity contribution in [3.05, 3.63) is 12.2 Å². The standard InChI is InChI=1S/C8H14O/c1-5-6(2)7(3)8(4)9/h6H,3,5H2,1-2,4H3. The zero-order valence-electron chi connectivity index (χ0n) is 6.40. The van der Waals surface area contributed by atoms with Gasteiger partial charge in [0.15, 0.2) is 5.78 Å². The van der Waals surface area contributed by atoms with E-state index in [4.69, 9.17) is 0 Å². The summed E-state index contributed by atoms with van der Waals surface area (Å²) in [6.07, 6.45) is 0.998. The molecule has 0 saturated heterocycles. The monoisotopic (exact) mass is 126 g/mol. The van der Waals surface area contributed by atoms with Gasteiger partial charge in [-0.25, -0.2) is 0 Å². The van der Waals surface area contributed by atoms with E-state index in [2.05, 4.69) is 13.5 Å². The third kappa shape index (κ3) is 2.45. The zero-order chi connectivity index (χ0) is 7.44. The number of hydrogen-bond donors (Lipinski definition) is 0. The van der Waals surface area contributed by atoms with Crippen LogP contribution in [0.1, 0.15) is 27.2 Å². The molecule has 0 aromatic carbocycles. The average Bonchev–Trinajstić information content (AvgIpc) is 1.84. The Bertz CT molecular complexity index is 125. The van der Waals surface area contributed by atoms with E-state index in [9.17, 15) is 4.79 Å². The van der Waals surface area contributed by atoms with Crippen molar-refractivity contribution >= 4 is 5.78 Å². The second-order valence-electron chi connectivity index (χ2n) is 2.39. The van der Waals surface area contributed by atoms with Crippen molar-refractivity contribution in [2.75, 3.05) is 0 Å². The number of Topliss-reactive ketones (excluding diaryl/α,β-unsaturated/α-hetero) is 1. The first-order chi connectivity index (χ1) is 4.09. The number of allylic oxidation sites excluding steroid dienone is 1. The molecule has 1 heteroatoms. The summed E-state index contributed by atoms with van der Waals surface area (Å²) >= 11 is 0. The van der Waals surface area contributed by atoms with Crippen LogP contribution in [0.25, 0.3) is 0 Å². The predicted molar refractivity (Wildman–Crippen MR) is 39.3 cm³/mol. The molecule has 0 aliphatic carbocycles. The van der Waals surface area contributed by atoms with Crippen LogP contribution in [0, 0.1) is 5.92 Å². The maximum atomic E-state index is 10.6. The molecule has 0 aliphatic rings. The maximum Gasteiger partial charge on any atom is 0.155 e. The molecule has 52 valence electrons. The summed E-state index contributed by atoms with van der Waals surface area (Å²) in [6.45, 7) is 9.31. The number of carbonyl (C=O) groups is 1. The summed E-state index contributed by atoms with van der Waals surface area (Å²) in [5.41, 5.74) is 0.748. The van der Waals surface area contributed by atoms with Crippen LogP contribution in [0.15, 0.2) is 12.2 Å². The van der Waals surface area contributed by atoms with Gasteiger partial charge in [0, 0.05) is 0 Å². The highest BCUT2D eigenvalue weighted by Gasteiger charge is 2.06. The SMILES string of the molecule is C=C(C(C)=O)C(C)CC. The first-order valence-corrected chi connectivity index (χ1v) is 3.29. The highest BCUT2D eigenvalue weighted by Crippen LogP contribution is 2.11. The van der Waals surface area contributed by atoms with E-state index in [1.54, 1.807) is 6.92 Å². The van der Waals surface area contributed by atoms with Gasteiger partial charge in [-0.3, -0.25) is 4.79 Å². The van der Waals surface area contributed by atoms with Crippen LogP contribution < -0.4 is 0 Å². The van der Waals surface area contributed by atoms with Crippen LogP contribution in [-0.2, 0) is 4.79 Å². The second kappa shape index (κ2) is 3.44. The van der Waals surface area contributed by atoms with Gasteiger partial charge < -0.3 is 0 Å². The molecule has 0 rings (SSSR count). The van der Waals surface area contributed by atoms with Gasteiger partial charge in [0.05, 0.1) is 0 Å². The first kappa shape index (κ1) is 8.41. The quantitative estimate of drug-likeness (QED) is 0.530. The number of carbonyl (C=O) groups excluding carboxylic acids is 1. The molecule has 0 aliphatic heterocycles. The summed E-state index contributed by atoms with van der Waals surface area (Å²) < 4.78 is 0. The molecule has 0 radical (unpaired) electrons. The molecule has 1 atom stereocenters. The van der Waals surface area contributed by atoms with Gasteiger partial charge >= 0.3 is 0 Å². The zero-order valence-corrected chi connectivity index (χ0v) is 6.40. The van der Waals surface area contributed by atoms with Crippen molar-refractivity contribution in [3.8, 4) is 0 Å². The molecule has 0 spiro atoms. The van der Waals surface area contributed by atoms with E-state index in [1.165, 1.54) is 0 Å². The van der Waals surface area contributed by atoms with Crippen LogP contribution in [0.3, 0.4) is 0 Å². The lowest BCUT2D eigenvalue weighted by molar-refractivity contribution is -0.114. The largest absolute Gasteiger partial charge is 0.295 e. The van der Waals surface area contributed by atoms with Crippen LogP contribution in [-0.4, -0.2) is 5.78 Å². The van der Waals surface area contributed by atoms with E-state index in [1.807, 2.05) is 6.92 Å². The summed E-state index contributed by atoms with van der Waals surface area (Å²) in [7, 11) is 0. The summed E-state index contributed by atoms with van der Waals surface area (Å²) in [5.74, 6) is 0.465. The fourth-order valence-corrected chi connectivity index (χ4v) is 0.593. The molecule has 0 fully saturated rings. The van der Waals surface area contributed by atoms with Crippen LogP contribution >= 0.6 is 0 Å². The molecular formula is C8H14O. The molecule has 1 unspecified atom stereocenters. The fraction of sp³-hybridized carbons (Fsp3) is 0.625. The topological polar surface area (TPSA) is 17.1 Å². The third-order valence-corrected chi connectivity index (χ3v) is 1.66. The summed E-state index contributed by atoms with van der Waals surface area (Å²) in [5, 5.41) is 0. The molecule has 0 aromatic heterocycles. The van der Waals surface area contributed by atoms with Gasteiger partial charge in [0.1, 0.15) is 0 Å². The fourth-order valence-electron chi connectivity index (χ4n) is 0.593. The highest BCUT2D eigenvalue weighted by atomic mass is 16.1. The Kier molecular flexibility index (Phi) is 3.21. The summed E-state index contributed by atoms with van der Waals surface area (Å²) in [6, 6.07) is 0. The Hall–Kier alpha value is -0.590. The molecule has 0 saturated carbocycles. The van der Waals surface area contributed by atoms with E-state index < -0.39 is 0 Å². The minimum Gasteiger partial charge on any atom is -0.295 e. The lowest BCUT2D eigenvalue weighted by Gasteiger charge is -2.07. The van der Waals surface area contributed by atoms with Crippen molar-refractivity contribution in [1.82, 2.24) is 0 Å². The Morgan fingerprint density at radius 1 is 1.67 bits per heavy atom. The molecule has 1 nitrogen and oxygen atoms in total. The van der Waals surface area contributed by atoms with Gasteiger partial charge in [-0.2, -0.15) is 0 Å². The van der Waals surface area contributed by atoms with E-state index in [0.29, 0.717) is 5.92 Å². The molecule has 0 amide bonds. The van der Waals surface area contributed by atoms with Crippen molar-refractivity contribution in [2.45, 2.75) is 27.2 Å². The van der Waals surface area contributed by atoms with Gasteiger partial charge in [-0.1, -0.05) is 20.4 Å². The summed E-state index contributed by atoms with van der Waals surface area (Å²) in [4.78, 5) is 10.6. The Morgan fingerprint density at radius 2 is 2.11 bits per heavy atom. The van der Waals surface area contributed by atoms with Crippen LogP contribution in [0.4, 0.5) is 0 Å². The third-order valence-electron chi connectivity index (χ3n) is 1.66. The van der Waals surface area contributed by atoms with Crippen molar-refractivity contribution in [3.63, 3.8) is 0 Å².